The zero-order valence-electron chi connectivity index (χ0n) is 13.7. The molecule has 23 heavy (non-hydrogen) atoms. The maximum Gasteiger partial charge on any atom is 0.228 e. The third-order valence-corrected chi connectivity index (χ3v) is 5.00. The first-order valence-electron chi connectivity index (χ1n) is 8.20. The highest BCUT2D eigenvalue weighted by atomic mass is 16.5. The van der Waals surface area contributed by atoms with Crippen LogP contribution in [0.15, 0.2) is 10.6 Å². The van der Waals surface area contributed by atoms with Gasteiger partial charge in [0.05, 0.1) is 23.3 Å². The molecule has 2 fully saturated rings. The molecule has 0 aliphatic carbocycles. The molecule has 2 aliphatic heterocycles. The fourth-order valence-corrected chi connectivity index (χ4v) is 3.68. The van der Waals surface area contributed by atoms with Crippen LogP contribution in [0.1, 0.15) is 37.6 Å². The molecular weight excluding hydrogens is 298 g/mol. The van der Waals surface area contributed by atoms with Gasteiger partial charge in [-0.1, -0.05) is 5.16 Å². The number of hydrogen-bond acceptors (Lipinski definition) is 6. The molecule has 1 aromatic heterocycles. The van der Waals surface area contributed by atoms with E-state index in [0.717, 1.165) is 31.6 Å². The fourth-order valence-electron chi connectivity index (χ4n) is 3.68. The summed E-state index contributed by atoms with van der Waals surface area (Å²) in [4.78, 5) is 12.3. The lowest BCUT2D eigenvalue weighted by Crippen LogP contribution is -2.69. The van der Waals surface area contributed by atoms with Crippen molar-refractivity contribution in [1.82, 2.24) is 15.8 Å². The second-order valence-electron chi connectivity index (χ2n) is 6.89. The van der Waals surface area contributed by atoms with Crippen LogP contribution < -0.4 is 10.6 Å². The van der Waals surface area contributed by atoms with Crippen LogP contribution in [0.4, 0.5) is 0 Å². The van der Waals surface area contributed by atoms with Crippen molar-refractivity contribution in [1.29, 1.82) is 0 Å². The molecule has 7 nitrogen and oxygen atoms in total. The van der Waals surface area contributed by atoms with Gasteiger partial charge < -0.3 is 25.0 Å². The first-order chi connectivity index (χ1) is 10.9. The number of nitrogens with zero attached hydrogens (tertiary/aromatic N) is 1. The van der Waals surface area contributed by atoms with Gasteiger partial charge in [0.2, 0.25) is 5.91 Å². The first kappa shape index (κ1) is 16.4. The molecule has 2 saturated heterocycles. The van der Waals surface area contributed by atoms with Gasteiger partial charge >= 0.3 is 0 Å². The number of aryl methyl sites for hydroxylation is 1. The van der Waals surface area contributed by atoms with Gasteiger partial charge in [0.1, 0.15) is 11.9 Å². The summed E-state index contributed by atoms with van der Waals surface area (Å²) in [6.07, 6.45) is 1.48. The first-order valence-corrected chi connectivity index (χ1v) is 8.20. The summed E-state index contributed by atoms with van der Waals surface area (Å²) in [6.45, 7) is 5.88. The summed E-state index contributed by atoms with van der Waals surface area (Å²) in [5, 5.41) is 21.0. The van der Waals surface area contributed by atoms with E-state index in [2.05, 4.69) is 15.8 Å². The van der Waals surface area contributed by atoms with E-state index in [4.69, 9.17) is 9.26 Å². The van der Waals surface area contributed by atoms with Gasteiger partial charge in [-0.15, -0.1) is 0 Å². The molecule has 3 N–H and O–H groups in total. The van der Waals surface area contributed by atoms with Gasteiger partial charge in [0, 0.05) is 12.7 Å². The van der Waals surface area contributed by atoms with Crippen LogP contribution in [0, 0.1) is 6.92 Å². The molecule has 0 unspecified atom stereocenters. The zero-order valence-corrected chi connectivity index (χ0v) is 13.7. The summed E-state index contributed by atoms with van der Waals surface area (Å²) < 4.78 is 11.0. The molecule has 1 amide bonds. The molecule has 0 aromatic carbocycles. The van der Waals surface area contributed by atoms with Crippen LogP contribution >= 0.6 is 0 Å². The maximum absolute atomic E-state index is 12.3. The van der Waals surface area contributed by atoms with Crippen molar-refractivity contribution in [2.45, 2.75) is 56.8 Å². The number of carbonyl (C=O) groups is 1. The molecule has 0 saturated carbocycles. The zero-order chi connectivity index (χ0) is 16.5. The molecule has 1 spiro atoms. The Morgan fingerprint density at radius 3 is 2.87 bits per heavy atom. The van der Waals surface area contributed by atoms with Gasteiger partial charge in [-0.2, -0.15) is 0 Å². The Kier molecular flexibility index (Phi) is 4.44. The van der Waals surface area contributed by atoms with Crippen molar-refractivity contribution in [3.8, 4) is 0 Å². The van der Waals surface area contributed by atoms with Crippen molar-refractivity contribution in [3.63, 3.8) is 0 Å². The smallest absolute Gasteiger partial charge is 0.228 e. The Morgan fingerprint density at radius 1 is 1.48 bits per heavy atom. The second-order valence-corrected chi connectivity index (χ2v) is 6.89. The minimum absolute atomic E-state index is 0.124. The Hall–Kier alpha value is -1.44. The van der Waals surface area contributed by atoms with Crippen molar-refractivity contribution >= 4 is 5.91 Å². The molecule has 2 aliphatic rings. The molecule has 3 rings (SSSR count). The normalized spacial score (nSPS) is 30.3. The largest absolute Gasteiger partial charge is 0.388 e. The highest BCUT2D eigenvalue weighted by molar-refractivity contribution is 5.78. The number of hydrogen-bond donors (Lipinski definition) is 3. The Labute approximate surface area is 135 Å². The highest BCUT2D eigenvalue weighted by Crippen LogP contribution is 2.38. The van der Waals surface area contributed by atoms with Crippen molar-refractivity contribution in [2.24, 2.45) is 0 Å². The Bertz CT molecular complexity index is 562. The van der Waals surface area contributed by atoms with E-state index in [9.17, 15) is 9.90 Å². The number of aliphatic hydroxyl groups is 1. The SMILES string of the molecule is Cc1cc(CC(=O)N[C@]2(C)CCOC3(CCNCC3)[C@H]2O)on1. The van der Waals surface area contributed by atoms with Gasteiger partial charge in [-0.05, 0) is 46.2 Å². The molecule has 0 radical (unpaired) electrons. The van der Waals surface area contributed by atoms with Crippen molar-refractivity contribution < 1.29 is 19.2 Å². The number of amides is 1. The van der Waals surface area contributed by atoms with E-state index in [-0.39, 0.29) is 12.3 Å². The lowest BCUT2D eigenvalue weighted by atomic mass is 9.73. The van der Waals surface area contributed by atoms with Crippen LogP contribution in [0.2, 0.25) is 0 Å². The highest BCUT2D eigenvalue weighted by Gasteiger charge is 2.53. The average Bonchev–Trinajstić information content (AvgIpc) is 2.91. The predicted octanol–water partition coefficient (Wildman–Crippen LogP) is 0.304. The molecule has 2 atom stereocenters. The van der Waals surface area contributed by atoms with E-state index >= 15 is 0 Å². The van der Waals surface area contributed by atoms with E-state index < -0.39 is 17.2 Å². The number of rotatable bonds is 3. The lowest BCUT2D eigenvalue weighted by Gasteiger charge is -2.52. The molecule has 7 heteroatoms. The van der Waals surface area contributed by atoms with E-state index in [0.29, 0.717) is 18.8 Å². The lowest BCUT2D eigenvalue weighted by molar-refractivity contribution is -0.200. The van der Waals surface area contributed by atoms with Crippen LogP contribution in [0.25, 0.3) is 0 Å². The number of ether oxygens (including phenoxy) is 1. The molecule has 128 valence electrons. The van der Waals surface area contributed by atoms with Crippen LogP contribution in [0.3, 0.4) is 0 Å². The minimum Gasteiger partial charge on any atom is -0.388 e. The van der Waals surface area contributed by atoms with E-state index in [1.807, 2.05) is 13.8 Å². The van der Waals surface area contributed by atoms with Crippen molar-refractivity contribution in [2.75, 3.05) is 19.7 Å². The third kappa shape index (κ3) is 3.27. The van der Waals surface area contributed by atoms with Gasteiger partial charge in [-0.25, -0.2) is 0 Å². The standard InChI is InChI=1S/C16H25N3O4/c1-11-9-12(23-19-11)10-13(20)18-15(2)5-8-22-16(14(15)21)3-6-17-7-4-16/h9,14,17,21H,3-8,10H2,1-2H3,(H,18,20)/t14-,15+/m0/s1. The number of aliphatic hydroxyl groups excluding tert-OH is 1. The summed E-state index contributed by atoms with van der Waals surface area (Å²) in [5.74, 6) is 0.357. The van der Waals surface area contributed by atoms with Gasteiger partial charge in [0.15, 0.2) is 0 Å². The number of piperidine rings is 1. The summed E-state index contributed by atoms with van der Waals surface area (Å²) >= 11 is 0. The van der Waals surface area contributed by atoms with Crippen molar-refractivity contribution in [3.05, 3.63) is 17.5 Å². The topological polar surface area (TPSA) is 96.6 Å². The molecule has 1 aromatic rings. The summed E-state index contributed by atoms with van der Waals surface area (Å²) in [5.41, 5.74) is -0.505. The summed E-state index contributed by atoms with van der Waals surface area (Å²) in [6, 6.07) is 1.75. The van der Waals surface area contributed by atoms with E-state index in [1.165, 1.54) is 0 Å². The second kappa shape index (κ2) is 6.22. The quantitative estimate of drug-likeness (QED) is 0.740. The Balaban J connectivity index is 1.68. The average molecular weight is 323 g/mol. The van der Waals surface area contributed by atoms with Crippen LogP contribution in [0.5, 0.6) is 0 Å². The number of carbonyl (C=O) groups excluding carboxylic acids is 1. The minimum atomic E-state index is -0.730. The Morgan fingerprint density at radius 2 is 2.22 bits per heavy atom. The van der Waals surface area contributed by atoms with Crippen LogP contribution in [-0.2, 0) is 16.0 Å². The van der Waals surface area contributed by atoms with Crippen LogP contribution in [-0.4, -0.2) is 53.1 Å². The monoisotopic (exact) mass is 323 g/mol. The third-order valence-electron chi connectivity index (χ3n) is 5.00. The maximum atomic E-state index is 12.3. The molecule has 3 heterocycles. The molecule has 0 bridgehead atoms. The number of nitrogens with one attached hydrogen (secondary N) is 2. The van der Waals surface area contributed by atoms with Gasteiger partial charge in [-0.3, -0.25) is 4.79 Å². The van der Waals surface area contributed by atoms with Gasteiger partial charge in [0.25, 0.3) is 0 Å². The molecular formula is C16H25N3O4. The number of aromatic nitrogens is 1. The van der Waals surface area contributed by atoms with E-state index in [1.54, 1.807) is 6.07 Å². The predicted molar refractivity (Wildman–Crippen MR) is 82.9 cm³/mol. The fraction of sp³-hybridized carbons (Fsp3) is 0.750. The summed E-state index contributed by atoms with van der Waals surface area (Å²) in [7, 11) is 0.